The number of nitrogens with zero attached hydrogens (tertiary/aromatic N) is 2. The van der Waals surface area contributed by atoms with Crippen molar-refractivity contribution in [3.63, 3.8) is 0 Å². The SMILES string of the molecule is Clc1ccc2c(Nc3ccc(C4CCN(CC5CC5)CC4)cc3)ccnc2c1. The zero-order chi connectivity index (χ0) is 18.9. The highest BCUT2D eigenvalue weighted by Gasteiger charge is 2.27. The van der Waals surface area contributed by atoms with Gasteiger partial charge in [0.25, 0.3) is 0 Å². The third-order valence-electron chi connectivity index (χ3n) is 6.17. The summed E-state index contributed by atoms with van der Waals surface area (Å²) >= 11 is 6.10. The van der Waals surface area contributed by atoms with E-state index in [2.05, 4.69) is 39.5 Å². The number of aromatic nitrogens is 1. The van der Waals surface area contributed by atoms with Crippen molar-refractivity contribution in [2.24, 2.45) is 5.92 Å². The molecule has 2 aliphatic rings. The van der Waals surface area contributed by atoms with Crippen molar-refractivity contribution in [1.82, 2.24) is 9.88 Å². The molecular formula is C24H26ClN3. The van der Waals surface area contributed by atoms with Crippen molar-refractivity contribution in [2.45, 2.75) is 31.6 Å². The molecule has 1 saturated heterocycles. The van der Waals surface area contributed by atoms with E-state index >= 15 is 0 Å². The van der Waals surface area contributed by atoms with Gasteiger partial charge in [-0.2, -0.15) is 0 Å². The second-order valence-electron chi connectivity index (χ2n) is 8.29. The lowest BCUT2D eigenvalue weighted by atomic mass is 9.89. The zero-order valence-electron chi connectivity index (χ0n) is 16.1. The Hall–Kier alpha value is -2.10. The number of fused-ring (bicyclic) bond motifs is 1. The second-order valence-corrected chi connectivity index (χ2v) is 8.72. The third-order valence-corrected chi connectivity index (χ3v) is 6.40. The maximum atomic E-state index is 6.10. The molecule has 1 aromatic heterocycles. The number of hydrogen-bond acceptors (Lipinski definition) is 3. The maximum absolute atomic E-state index is 6.10. The van der Waals surface area contributed by atoms with Gasteiger partial charge in [0.05, 0.1) is 5.52 Å². The van der Waals surface area contributed by atoms with Crippen LogP contribution in [0, 0.1) is 5.92 Å². The smallest absolute Gasteiger partial charge is 0.0737 e. The van der Waals surface area contributed by atoms with Gasteiger partial charge in [0.15, 0.2) is 0 Å². The summed E-state index contributed by atoms with van der Waals surface area (Å²) in [7, 11) is 0. The van der Waals surface area contributed by atoms with Crippen molar-refractivity contribution in [1.29, 1.82) is 0 Å². The molecule has 2 aromatic carbocycles. The molecular weight excluding hydrogens is 366 g/mol. The van der Waals surface area contributed by atoms with Crippen molar-refractivity contribution in [3.8, 4) is 0 Å². The lowest BCUT2D eigenvalue weighted by Gasteiger charge is -2.32. The van der Waals surface area contributed by atoms with E-state index < -0.39 is 0 Å². The van der Waals surface area contributed by atoms with E-state index in [1.165, 1.54) is 50.9 Å². The van der Waals surface area contributed by atoms with Gasteiger partial charge in [-0.3, -0.25) is 4.98 Å². The normalized spacial score (nSPS) is 18.5. The van der Waals surface area contributed by atoms with Gasteiger partial charge in [0, 0.05) is 34.5 Å². The summed E-state index contributed by atoms with van der Waals surface area (Å²) in [6.07, 6.45) is 7.30. The lowest BCUT2D eigenvalue weighted by Crippen LogP contribution is -2.34. The van der Waals surface area contributed by atoms with E-state index in [0.29, 0.717) is 10.9 Å². The monoisotopic (exact) mass is 391 g/mol. The molecule has 5 rings (SSSR count). The van der Waals surface area contributed by atoms with E-state index in [4.69, 9.17) is 11.6 Å². The summed E-state index contributed by atoms with van der Waals surface area (Å²) in [5, 5.41) is 5.34. The zero-order valence-corrected chi connectivity index (χ0v) is 16.8. The van der Waals surface area contributed by atoms with Gasteiger partial charge in [-0.1, -0.05) is 23.7 Å². The Balaban J connectivity index is 1.26. The van der Waals surface area contributed by atoms with Gasteiger partial charge in [0.1, 0.15) is 0 Å². The van der Waals surface area contributed by atoms with Crippen LogP contribution in [0.15, 0.2) is 54.7 Å². The quantitative estimate of drug-likeness (QED) is 0.559. The van der Waals surface area contributed by atoms with Gasteiger partial charge in [-0.05, 0) is 92.6 Å². The summed E-state index contributed by atoms with van der Waals surface area (Å²) in [6.45, 7) is 3.85. The number of likely N-dealkylation sites (tertiary alicyclic amines) is 1. The number of nitrogens with one attached hydrogen (secondary N) is 1. The Bertz CT molecular complexity index is 957. The number of benzene rings is 2. The van der Waals surface area contributed by atoms with Crippen LogP contribution >= 0.6 is 11.6 Å². The largest absolute Gasteiger partial charge is 0.355 e. The summed E-state index contributed by atoms with van der Waals surface area (Å²) in [5.74, 6) is 1.70. The first-order valence-electron chi connectivity index (χ1n) is 10.4. The average molecular weight is 392 g/mol. The van der Waals surface area contributed by atoms with E-state index in [9.17, 15) is 0 Å². The molecule has 0 bridgehead atoms. The van der Waals surface area contributed by atoms with Gasteiger partial charge < -0.3 is 10.2 Å². The molecule has 4 heteroatoms. The van der Waals surface area contributed by atoms with Crippen LogP contribution in [0.2, 0.25) is 5.02 Å². The molecule has 2 fully saturated rings. The van der Waals surface area contributed by atoms with Crippen LogP contribution in [0.3, 0.4) is 0 Å². The fraction of sp³-hybridized carbons (Fsp3) is 0.375. The minimum Gasteiger partial charge on any atom is -0.355 e. The molecule has 0 atom stereocenters. The first-order valence-corrected chi connectivity index (χ1v) is 10.8. The van der Waals surface area contributed by atoms with Gasteiger partial charge in [-0.15, -0.1) is 0 Å². The summed E-state index contributed by atoms with van der Waals surface area (Å²) < 4.78 is 0. The molecule has 1 N–H and O–H groups in total. The third kappa shape index (κ3) is 4.01. The molecule has 28 heavy (non-hydrogen) atoms. The Morgan fingerprint density at radius 3 is 2.50 bits per heavy atom. The van der Waals surface area contributed by atoms with E-state index in [-0.39, 0.29) is 0 Å². The van der Waals surface area contributed by atoms with Crippen molar-refractivity contribution in [3.05, 3.63) is 65.3 Å². The highest BCUT2D eigenvalue weighted by molar-refractivity contribution is 6.31. The van der Waals surface area contributed by atoms with E-state index in [1.807, 2.05) is 30.5 Å². The minimum absolute atomic E-state index is 0.702. The van der Waals surface area contributed by atoms with Gasteiger partial charge >= 0.3 is 0 Å². The predicted molar refractivity (Wildman–Crippen MR) is 118 cm³/mol. The Morgan fingerprint density at radius 1 is 0.964 bits per heavy atom. The summed E-state index contributed by atoms with van der Waals surface area (Å²) in [4.78, 5) is 7.09. The van der Waals surface area contributed by atoms with Crippen LogP contribution in [0.25, 0.3) is 10.9 Å². The topological polar surface area (TPSA) is 28.2 Å². The Labute approximate surface area is 171 Å². The second kappa shape index (κ2) is 7.73. The molecule has 1 aliphatic carbocycles. The molecule has 1 aliphatic heterocycles. The molecule has 0 unspecified atom stereocenters. The van der Waals surface area contributed by atoms with Crippen LogP contribution in [-0.4, -0.2) is 29.5 Å². The van der Waals surface area contributed by atoms with Gasteiger partial charge in [0.2, 0.25) is 0 Å². The molecule has 1 saturated carbocycles. The molecule has 3 aromatic rings. The number of hydrogen-bond donors (Lipinski definition) is 1. The molecule has 144 valence electrons. The average Bonchev–Trinajstić information content (AvgIpc) is 3.53. The van der Waals surface area contributed by atoms with Crippen LogP contribution in [0.1, 0.15) is 37.2 Å². The van der Waals surface area contributed by atoms with Crippen LogP contribution < -0.4 is 5.32 Å². The van der Waals surface area contributed by atoms with E-state index in [0.717, 1.165) is 28.2 Å². The fourth-order valence-electron chi connectivity index (χ4n) is 4.34. The number of anilines is 2. The van der Waals surface area contributed by atoms with Crippen LogP contribution in [0.4, 0.5) is 11.4 Å². The first-order chi connectivity index (χ1) is 13.7. The predicted octanol–water partition coefficient (Wildman–Crippen LogP) is 6.22. The summed E-state index contributed by atoms with van der Waals surface area (Å²) in [5.41, 5.74) is 4.55. The first kappa shape index (κ1) is 18.0. The van der Waals surface area contributed by atoms with Crippen molar-refractivity contribution < 1.29 is 0 Å². The van der Waals surface area contributed by atoms with Gasteiger partial charge in [-0.25, -0.2) is 0 Å². The number of rotatable bonds is 5. The molecule has 0 spiro atoms. The van der Waals surface area contributed by atoms with Crippen LogP contribution in [-0.2, 0) is 0 Å². The number of piperidine rings is 1. The molecule has 0 radical (unpaired) electrons. The summed E-state index contributed by atoms with van der Waals surface area (Å²) in [6, 6.07) is 16.8. The number of pyridine rings is 1. The van der Waals surface area contributed by atoms with Crippen molar-refractivity contribution in [2.75, 3.05) is 25.0 Å². The molecule has 0 amide bonds. The Morgan fingerprint density at radius 2 is 1.75 bits per heavy atom. The Kier molecular flexibility index (Phi) is 4.96. The lowest BCUT2D eigenvalue weighted by molar-refractivity contribution is 0.204. The van der Waals surface area contributed by atoms with E-state index in [1.54, 1.807) is 0 Å². The van der Waals surface area contributed by atoms with Crippen LogP contribution in [0.5, 0.6) is 0 Å². The standard InChI is InChI=1S/C24H26ClN3/c25-20-5-8-22-23(9-12-26-24(22)15-20)27-21-6-3-18(4-7-21)19-10-13-28(14-11-19)16-17-1-2-17/h3-9,12,15,17,19H,1-2,10-11,13-14,16H2,(H,26,27). The number of halogens is 1. The minimum atomic E-state index is 0.702. The highest BCUT2D eigenvalue weighted by Crippen LogP contribution is 2.34. The van der Waals surface area contributed by atoms with Crippen molar-refractivity contribution >= 4 is 33.9 Å². The highest BCUT2D eigenvalue weighted by atomic mass is 35.5. The molecule has 3 nitrogen and oxygen atoms in total. The fourth-order valence-corrected chi connectivity index (χ4v) is 4.51. The maximum Gasteiger partial charge on any atom is 0.0737 e. The molecule has 2 heterocycles.